The first-order chi connectivity index (χ1) is 17.3. The van der Waals surface area contributed by atoms with Crippen molar-refractivity contribution in [2.24, 2.45) is 0 Å². The Balaban J connectivity index is 1.76. The molecule has 0 atom stereocenters. The Labute approximate surface area is 206 Å². The Morgan fingerprint density at radius 2 is 1.97 bits per heavy atom. The van der Waals surface area contributed by atoms with Gasteiger partial charge in [0.15, 0.2) is 11.2 Å². The molecule has 0 aliphatic rings. The van der Waals surface area contributed by atoms with Gasteiger partial charge in [-0.05, 0) is 74.1 Å². The zero-order valence-corrected chi connectivity index (χ0v) is 20.1. The lowest BCUT2D eigenvalue weighted by molar-refractivity contribution is -0.131. The van der Waals surface area contributed by atoms with E-state index in [-0.39, 0.29) is 11.2 Å². The number of benzene rings is 2. The van der Waals surface area contributed by atoms with Gasteiger partial charge in [-0.15, -0.1) is 5.10 Å². The van der Waals surface area contributed by atoms with Crippen LogP contribution in [-0.4, -0.2) is 75.2 Å². The molecule has 0 aliphatic carbocycles. The Morgan fingerprint density at radius 1 is 1.14 bits per heavy atom. The van der Waals surface area contributed by atoms with Crippen LogP contribution in [0.1, 0.15) is 12.5 Å². The summed E-state index contributed by atoms with van der Waals surface area (Å²) in [4.78, 5) is 32.6. The van der Waals surface area contributed by atoms with Crippen molar-refractivity contribution >= 4 is 23.2 Å². The average molecular weight is 491 g/mol. The highest BCUT2D eigenvalue weighted by molar-refractivity contribution is 5.86. The van der Waals surface area contributed by atoms with Gasteiger partial charge in [-0.1, -0.05) is 11.3 Å². The van der Waals surface area contributed by atoms with Crippen molar-refractivity contribution in [3.05, 3.63) is 58.4 Å². The minimum Gasteiger partial charge on any atom is -0.493 e. The number of ether oxygens (including phenoxy) is 2. The first-order valence-electron chi connectivity index (χ1n) is 11.3. The first kappa shape index (κ1) is 24.6. The van der Waals surface area contributed by atoms with Crippen LogP contribution in [0.15, 0.2) is 47.3 Å². The van der Waals surface area contributed by atoms with Gasteiger partial charge >= 0.3 is 5.97 Å². The van der Waals surface area contributed by atoms with Gasteiger partial charge in [-0.3, -0.25) is 4.79 Å². The predicted octanol–water partition coefficient (Wildman–Crippen LogP) is 2.81. The zero-order chi connectivity index (χ0) is 25.7. The number of carbonyl (C=O) groups is 1. The molecule has 0 aliphatic heterocycles. The number of aromatic amines is 2. The summed E-state index contributed by atoms with van der Waals surface area (Å²) in [5.74, 6) is 0.417. The third kappa shape index (κ3) is 5.76. The maximum atomic E-state index is 12.4. The summed E-state index contributed by atoms with van der Waals surface area (Å²) in [5.41, 5.74) is 2.90. The van der Waals surface area contributed by atoms with E-state index in [2.05, 4.69) is 25.4 Å². The molecule has 0 bridgehead atoms. The number of hydrogen-bond donors (Lipinski definition) is 3. The standard InChI is InChI=1S/C25H26N6O5/c1-4-35-20-14-16(6-7-19(20)23-26-24-22(25(34)27-23)28-30-29-24)17-11-15(5-8-21(32)33)12-18(13-17)36-10-9-31(2)3/h5-8,11-14H,4,9-10H2,1-3H3,(H,32,33)(H2,26,27,28,29,30,34). The van der Waals surface area contributed by atoms with E-state index in [1.54, 1.807) is 12.1 Å². The van der Waals surface area contributed by atoms with E-state index in [0.29, 0.717) is 41.7 Å². The molecule has 0 unspecified atom stereocenters. The third-order valence-corrected chi connectivity index (χ3v) is 5.23. The van der Waals surface area contributed by atoms with E-state index >= 15 is 0 Å². The zero-order valence-electron chi connectivity index (χ0n) is 20.1. The molecule has 0 saturated heterocycles. The van der Waals surface area contributed by atoms with Crippen molar-refractivity contribution in [3.8, 4) is 34.0 Å². The molecule has 0 fully saturated rings. The summed E-state index contributed by atoms with van der Waals surface area (Å²) >= 11 is 0. The van der Waals surface area contributed by atoms with E-state index in [9.17, 15) is 9.59 Å². The van der Waals surface area contributed by atoms with Crippen molar-refractivity contribution in [2.75, 3.05) is 33.9 Å². The number of aromatic nitrogens is 5. The van der Waals surface area contributed by atoms with Crippen LogP contribution in [0.4, 0.5) is 0 Å². The van der Waals surface area contributed by atoms with Gasteiger partial charge in [0.2, 0.25) is 0 Å². The van der Waals surface area contributed by atoms with Crippen LogP contribution < -0.4 is 15.0 Å². The Morgan fingerprint density at radius 3 is 2.72 bits per heavy atom. The molecule has 11 nitrogen and oxygen atoms in total. The molecule has 0 amide bonds. The molecule has 2 aromatic carbocycles. The third-order valence-electron chi connectivity index (χ3n) is 5.23. The summed E-state index contributed by atoms with van der Waals surface area (Å²) in [5, 5.41) is 19.1. The smallest absolute Gasteiger partial charge is 0.328 e. The number of carboxylic acid groups (broad SMARTS) is 1. The van der Waals surface area contributed by atoms with Crippen molar-refractivity contribution in [3.63, 3.8) is 0 Å². The van der Waals surface area contributed by atoms with Gasteiger partial charge < -0.3 is 24.5 Å². The fourth-order valence-corrected chi connectivity index (χ4v) is 3.54. The summed E-state index contributed by atoms with van der Waals surface area (Å²) in [6.07, 6.45) is 2.60. The highest BCUT2D eigenvalue weighted by Crippen LogP contribution is 2.34. The number of aliphatic carboxylic acids is 1. The second-order valence-electron chi connectivity index (χ2n) is 8.18. The number of nitrogens with zero attached hydrogens (tertiary/aromatic N) is 4. The molecule has 0 radical (unpaired) electrons. The predicted molar refractivity (Wildman–Crippen MR) is 135 cm³/mol. The van der Waals surface area contributed by atoms with Crippen LogP contribution in [0.25, 0.3) is 39.8 Å². The van der Waals surface area contributed by atoms with Gasteiger partial charge in [0.25, 0.3) is 5.56 Å². The average Bonchev–Trinajstić information content (AvgIpc) is 3.32. The van der Waals surface area contributed by atoms with E-state index in [0.717, 1.165) is 23.7 Å². The molecule has 4 aromatic rings. The van der Waals surface area contributed by atoms with Crippen molar-refractivity contribution in [1.82, 2.24) is 30.3 Å². The minimum absolute atomic E-state index is 0.126. The number of rotatable bonds is 10. The van der Waals surface area contributed by atoms with E-state index < -0.39 is 11.5 Å². The lowest BCUT2D eigenvalue weighted by Gasteiger charge is -2.15. The number of H-pyrrole nitrogens is 2. The quantitative estimate of drug-likeness (QED) is 0.286. The molecule has 2 heterocycles. The fraction of sp³-hybridized carbons (Fsp3) is 0.240. The maximum Gasteiger partial charge on any atom is 0.328 e. The normalized spacial score (nSPS) is 11.4. The van der Waals surface area contributed by atoms with Crippen molar-refractivity contribution in [1.29, 1.82) is 0 Å². The van der Waals surface area contributed by atoms with Crippen LogP contribution >= 0.6 is 0 Å². The summed E-state index contributed by atoms with van der Waals surface area (Å²) in [7, 11) is 3.92. The minimum atomic E-state index is -1.04. The van der Waals surface area contributed by atoms with Crippen LogP contribution in [0.5, 0.6) is 11.5 Å². The summed E-state index contributed by atoms with van der Waals surface area (Å²) in [6.45, 7) is 3.47. The number of likely N-dealkylation sites (N-methyl/N-ethyl adjacent to an activating group) is 1. The monoisotopic (exact) mass is 490 g/mol. The van der Waals surface area contributed by atoms with Gasteiger partial charge in [0, 0.05) is 12.6 Å². The van der Waals surface area contributed by atoms with Crippen molar-refractivity contribution in [2.45, 2.75) is 6.92 Å². The molecule has 3 N–H and O–H groups in total. The van der Waals surface area contributed by atoms with Gasteiger partial charge in [0.1, 0.15) is 23.9 Å². The van der Waals surface area contributed by atoms with Crippen molar-refractivity contribution < 1.29 is 19.4 Å². The van der Waals surface area contributed by atoms with E-state index in [1.165, 1.54) is 6.08 Å². The fourth-order valence-electron chi connectivity index (χ4n) is 3.54. The van der Waals surface area contributed by atoms with Crippen LogP contribution in [0.3, 0.4) is 0 Å². The van der Waals surface area contributed by atoms with E-state index in [4.69, 9.17) is 14.6 Å². The van der Waals surface area contributed by atoms with Crippen LogP contribution in [0.2, 0.25) is 0 Å². The van der Waals surface area contributed by atoms with Gasteiger partial charge in [0.05, 0.1) is 12.2 Å². The molecular formula is C25H26N6O5. The largest absolute Gasteiger partial charge is 0.493 e. The molecular weight excluding hydrogens is 464 g/mol. The Bertz CT molecular complexity index is 1470. The first-order valence-corrected chi connectivity index (χ1v) is 11.3. The number of carboxylic acids is 1. The van der Waals surface area contributed by atoms with Gasteiger partial charge in [-0.25, -0.2) is 14.9 Å². The van der Waals surface area contributed by atoms with Crippen LogP contribution in [0, 0.1) is 0 Å². The highest BCUT2D eigenvalue weighted by Gasteiger charge is 2.15. The van der Waals surface area contributed by atoms with E-state index in [1.807, 2.05) is 50.2 Å². The second-order valence-corrected chi connectivity index (χ2v) is 8.18. The number of hydrogen-bond acceptors (Lipinski definition) is 8. The lowest BCUT2D eigenvalue weighted by Crippen LogP contribution is -2.19. The highest BCUT2D eigenvalue weighted by atomic mass is 16.5. The Hall–Kier alpha value is -4.51. The number of nitrogens with one attached hydrogen (secondary N) is 2. The summed E-state index contributed by atoms with van der Waals surface area (Å²) in [6, 6.07) is 11.1. The summed E-state index contributed by atoms with van der Waals surface area (Å²) < 4.78 is 11.8. The number of fused-ring (bicyclic) bond motifs is 1. The molecule has 2 aromatic heterocycles. The molecule has 186 valence electrons. The van der Waals surface area contributed by atoms with Gasteiger partial charge in [-0.2, -0.15) is 0 Å². The van der Waals surface area contributed by atoms with Crippen LogP contribution in [-0.2, 0) is 4.79 Å². The Kier molecular flexibility index (Phi) is 7.40. The lowest BCUT2D eigenvalue weighted by atomic mass is 10.00. The molecule has 11 heteroatoms. The molecule has 0 spiro atoms. The second kappa shape index (κ2) is 10.8. The molecule has 36 heavy (non-hydrogen) atoms. The SMILES string of the molecule is CCOc1cc(-c2cc(C=CC(=O)O)cc(OCCN(C)C)c2)ccc1-c1nc2[nH]nnc2c(=O)[nH]1. The molecule has 0 saturated carbocycles. The topological polar surface area (TPSA) is 146 Å². The molecule has 4 rings (SSSR count). The maximum absolute atomic E-state index is 12.4.